The Morgan fingerprint density at radius 1 is 0.272 bits per heavy atom. The summed E-state index contributed by atoms with van der Waals surface area (Å²) in [5.74, 6) is -2.80. The normalized spacial score (nSPS) is 13.2. The predicted molar refractivity (Wildman–Crippen MR) is 377 cm³/mol. The summed E-state index contributed by atoms with van der Waals surface area (Å²) in [6.07, 6.45) is -6.17. The average Bonchev–Trinajstić information content (AvgIpc) is 0.994. The number of carbonyl (C=O) groups excluding carboxylic acids is 5. The molecule has 0 bridgehead atoms. The molecule has 0 saturated carbocycles. The molecule has 0 amide bonds. The average molecular weight is 1470 g/mol. The van der Waals surface area contributed by atoms with Gasteiger partial charge >= 0.3 is 29.8 Å². The zero-order valence-corrected chi connectivity index (χ0v) is 60.7. The van der Waals surface area contributed by atoms with Crippen molar-refractivity contribution in [2.75, 3.05) is 175 Å². The smallest absolute Gasteiger partial charge is 0.338 e. The van der Waals surface area contributed by atoms with Gasteiger partial charge in [-0.2, -0.15) is 0 Å². The summed E-state index contributed by atoms with van der Waals surface area (Å²) in [5, 5.41) is 95.8. The molecule has 0 saturated heterocycles. The Bertz CT molecular complexity index is 2690. The van der Waals surface area contributed by atoms with E-state index in [0.717, 1.165) is 35.5 Å². The molecule has 5 aromatic carbocycles. The van der Waals surface area contributed by atoms with Crippen LogP contribution in [0, 0.1) is 10.8 Å². The van der Waals surface area contributed by atoms with Crippen molar-refractivity contribution in [3.05, 3.63) is 179 Å². The van der Waals surface area contributed by atoms with Gasteiger partial charge in [0.25, 0.3) is 0 Å². The van der Waals surface area contributed by atoms with E-state index in [1.54, 1.807) is 159 Å². The van der Waals surface area contributed by atoms with Gasteiger partial charge in [-0.3, -0.25) is 0 Å². The lowest BCUT2D eigenvalue weighted by atomic mass is 9.94. The van der Waals surface area contributed by atoms with E-state index in [2.05, 4.69) is 0 Å². The first-order valence-corrected chi connectivity index (χ1v) is 32.4. The van der Waals surface area contributed by atoms with E-state index >= 15 is 0 Å². The summed E-state index contributed by atoms with van der Waals surface area (Å²) in [6.45, 7) is 5.90. The summed E-state index contributed by atoms with van der Waals surface area (Å²) in [7, 11) is 6.47. The number of rotatable bonds is 45. The molecule has 0 spiro atoms. The summed E-state index contributed by atoms with van der Waals surface area (Å²) < 4.78 is 75.2. The number of esters is 5. The molecular formula is C73H112O30. The predicted octanol–water partition coefficient (Wildman–Crippen LogP) is 3.20. The summed E-state index contributed by atoms with van der Waals surface area (Å²) in [5.41, 5.74) is 0.326. The van der Waals surface area contributed by atoms with Gasteiger partial charge in [0, 0.05) is 53.5 Å². The van der Waals surface area contributed by atoms with Crippen LogP contribution in [0.3, 0.4) is 0 Å². The van der Waals surface area contributed by atoms with Crippen LogP contribution in [-0.4, -0.2) is 298 Å². The summed E-state index contributed by atoms with van der Waals surface area (Å²) in [4.78, 5) is 60.4. The number of ether oxygens (including phenoxy) is 14. The first kappa shape index (κ1) is 99.8. The molecule has 5 aromatic rings. The van der Waals surface area contributed by atoms with Crippen LogP contribution >= 0.6 is 0 Å². The molecule has 0 aliphatic carbocycles. The van der Waals surface area contributed by atoms with Crippen LogP contribution in [-0.2, 0) is 66.3 Å². The van der Waals surface area contributed by atoms with Gasteiger partial charge in [0.15, 0.2) is 0 Å². The third kappa shape index (κ3) is 50.7. The summed E-state index contributed by atoms with van der Waals surface area (Å²) in [6, 6.07) is 42.0. The van der Waals surface area contributed by atoms with Crippen molar-refractivity contribution in [2.45, 2.75) is 64.3 Å². The van der Waals surface area contributed by atoms with Crippen LogP contribution in [0.25, 0.3) is 0 Å². The lowest BCUT2D eigenvalue weighted by Gasteiger charge is -2.30. The standard InChI is InChI=1S/C36H44O13.C30H42O12.C2H6.5CH4O/c1-36(23-43-17-30(37)20-47-33(40)27-11-5-2-6-12-27,24-44-18-31(38)21-48-34(41)28-13-7-3-8-14-28)25-46-26-45-19-32(39)22-49-35(42)29-15-9-4-10-16-29;1-30(19-37-14-25(31)13-36-2,20-38-15-26(32)17-41-28(34)23-9-5-3-6-10-23)21-40-22-39-16-27(33)18-42-29(35)24-11-7-4-8-12-24;6*1-2/h2-16,30-32,37-39H,17-26H2,1H3;3-12,25-27,31-33H,13-22H2,1-2H3;1-2H3;5*2H,1H3. The maximum absolute atomic E-state index is 12.1. The minimum absolute atomic E-state index is 0.0336. The maximum Gasteiger partial charge on any atom is 0.338 e. The topological polar surface area (TPSA) is 437 Å². The fourth-order valence-corrected chi connectivity index (χ4v) is 7.71. The Balaban J connectivity index is -0.00000171. The van der Waals surface area contributed by atoms with E-state index in [1.165, 1.54) is 7.11 Å². The van der Waals surface area contributed by atoms with Crippen molar-refractivity contribution in [1.29, 1.82) is 0 Å². The Labute approximate surface area is 604 Å². The highest BCUT2D eigenvalue weighted by Crippen LogP contribution is 2.21. The van der Waals surface area contributed by atoms with Crippen LogP contribution in [0.5, 0.6) is 0 Å². The van der Waals surface area contributed by atoms with E-state index < -0.39 is 77.3 Å². The highest BCUT2D eigenvalue weighted by Gasteiger charge is 2.29. The van der Waals surface area contributed by atoms with Gasteiger partial charge < -0.3 is 122 Å². The van der Waals surface area contributed by atoms with Crippen molar-refractivity contribution in [1.82, 2.24) is 0 Å². The second-order valence-electron chi connectivity index (χ2n) is 21.6. The molecule has 11 N–H and O–H groups in total. The van der Waals surface area contributed by atoms with E-state index in [4.69, 9.17) is 91.8 Å². The molecule has 103 heavy (non-hydrogen) atoms. The molecule has 0 heterocycles. The second kappa shape index (κ2) is 66.6. The van der Waals surface area contributed by atoms with Gasteiger partial charge in [-0.05, 0) is 60.7 Å². The number of aliphatic hydroxyl groups excluding tert-OH is 11. The van der Waals surface area contributed by atoms with E-state index in [9.17, 15) is 54.6 Å². The lowest BCUT2D eigenvalue weighted by molar-refractivity contribution is -0.133. The number of carbonyl (C=O) groups is 5. The quantitative estimate of drug-likeness (QED) is 0.0115. The van der Waals surface area contributed by atoms with Crippen LogP contribution in [0.4, 0.5) is 0 Å². The zero-order valence-electron chi connectivity index (χ0n) is 60.7. The highest BCUT2D eigenvalue weighted by molar-refractivity contribution is 5.91. The van der Waals surface area contributed by atoms with Crippen molar-refractivity contribution >= 4 is 29.8 Å². The number of aliphatic hydroxyl groups is 11. The third-order valence-electron chi connectivity index (χ3n) is 12.3. The Hall–Kier alpha value is -7.35. The highest BCUT2D eigenvalue weighted by atomic mass is 16.7. The molecule has 7 atom stereocenters. The van der Waals surface area contributed by atoms with Gasteiger partial charge in [0.05, 0.1) is 114 Å². The number of hydrogen-bond donors (Lipinski definition) is 11. The van der Waals surface area contributed by atoms with Crippen LogP contribution in [0.1, 0.15) is 79.5 Å². The van der Waals surface area contributed by atoms with Gasteiger partial charge in [0.2, 0.25) is 0 Å². The van der Waals surface area contributed by atoms with Gasteiger partial charge in [-0.15, -0.1) is 0 Å². The number of hydrogen-bond acceptors (Lipinski definition) is 30. The largest absolute Gasteiger partial charge is 0.459 e. The first-order valence-electron chi connectivity index (χ1n) is 32.4. The molecule has 0 aromatic heterocycles. The molecule has 7 unspecified atom stereocenters. The molecule has 584 valence electrons. The summed E-state index contributed by atoms with van der Waals surface area (Å²) >= 11 is 0. The maximum atomic E-state index is 12.1. The SMILES string of the molecule is CC.CC(COCOCC(O)COC(=O)c1ccccc1)(COCC(O)COC(=O)c1ccccc1)COCC(O)COC(=O)c1ccccc1.CO.CO.CO.CO.CO.COCC(O)COCC(C)(COCOCC(O)COC(=O)c1ccccc1)COCC(O)COC(=O)c1ccccc1. The molecule has 30 heteroatoms. The van der Waals surface area contributed by atoms with E-state index in [1.807, 2.05) is 20.8 Å². The molecule has 0 fully saturated rings. The molecule has 0 aliphatic heterocycles. The van der Waals surface area contributed by atoms with Crippen LogP contribution in [0.2, 0.25) is 0 Å². The lowest BCUT2D eigenvalue weighted by Crippen LogP contribution is -2.37. The fraction of sp³-hybridized carbons (Fsp3) is 0.521. The monoisotopic (exact) mass is 1470 g/mol. The third-order valence-corrected chi connectivity index (χ3v) is 12.3. The van der Waals surface area contributed by atoms with Gasteiger partial charge in [-0.1, -0.05) is 119 Å². The van der Waals surface area contributed by atoms with Crippen molar-refractivity contribution in [3.8, 4) is 0 Å². The first-order chi connectivity index (χ1) is 49.9. The van der Waals surface area contributed by atoms with Crippen molar-refractivity contribution < 1.29 is 146 Å². The zero-order chi connectivity index (χ0) is 78.0. The minimum Gasteiger partial charge on any atom is -0.459 e. The van der Waals surface area contributed by atoms with Crippen molar-refractivity contribution in [3.63, 3.8) is 0 Å². The van der Waals surface area contributed by atoms with Crippen molar-refractivity contribution in [2.24, 2.45) is 10.8 Å². The van der Waals surface area contributed by atoms with Crippen LogP contribution < -0.4 is 0 Å². The minimum atomic E-state index is -1.10. The second-order valence-corrected chi connectivity index (χ2v) is 21.6. The Kier molecular flexibility index (Phi) is 64.5. The van der Waals surface area contributed by atoms with Gasteiger partial charge in [0.1, 0.15) is 83.2 Å². The Morgan fingerprint density at radius 3 is 0.621 bits per heavy atom. The molecular weight excluding hydrogens is 1360 g/mol. The fourth-order valence-electron chi connectivity index (χ4n) is 7.71. The van der Waals surface area contributed by atoms with Crippen LogP contribution in [0.15, 0.2) is 152 Å². The number of benzene rings is 5. The molecule has 30 nitrogen and oxygen atoms in total. The molecule has 5 rings (SSSR count). The molecule has 0 radical (unpaired) electrons. The molecule has 0 aliphatic rings. The van der Waals surface area contributed by atoms with E-state index in [0.29, 0.717) is 27.8 Å². The number of methoxy groups -OCH3 is 1. The Morgan fingerprint density at radius 2 is 0.437 bits per heavy atom. The van der Waals surface area contributed by atoms with Gasteiger partial charge in [-0.25, -0.2) is 24.0 Å². The van der Waals surface area contributed by atoms with E-state index in [-0.39, 0.29) is 133 Å².